The molecule has 2 aromatic rings. The minimum absolute atomic E-state index is 0.0538. The van der Waals surface area contributed by atoms with Gasteiger partial charge in [0.2, 0.25) is 5.91 Å². The van der Waals surface area contributed by atoms with Crippen LogP contribution in [-0.2, 0) is 14.3 Å². The standard InChI is InChI=1S/C28H34N2O5/c1-17-12-18(15-28(2,3)14-17)29-26(33)24(13-25(31)32)30-27(34)35-16-23-21-10-6-4-8-19(21)20-9-5-7-11-22(20)23/h4-11,17-18,23-24H,12-16H2,1-3H3,(H,29,33)(H,30,34)(H,31,32). The van der Waals surface area contributed by atoms with Gasteiger partial charge in [-0.1, -0.05) is 69.3 Å². The largest absolute Gasteiger partial charge is 0.481 e. The number of nitrogens with one attached hydrogen (secondary N) is 2. The van der Waals surface area contributed by atoms with Crippen molar-refractivity contribution in [2.24, 2.45) is 11.3 Å². The SMILES string of the molecule is CC1CC(NC(=O)C(CC(=O)O)NC(=O)OCC2c3ccccc3-c3ccccc32)CC(C)(C)C1. The zero-order chi connectivity index (χ0) is 25.2. The van der Waals surface area contributed by atoms with Gasteiger partial charge in [-0.05, 0) is 52.8 Å². The Labute approximate surface area is 206 Å². The van der Waals surface area contributed by atoms with E-state index in [4.69, 9.17) is 4.74 Å². The lowest BCUT2D eigenvalue weighted by molar-refractivity contribution is -0.140. The van der Waals surface area contributed by atoms with Crippen LogP contribution in [-0.4, -0.2) is 41.8 Å². The first-order valence-corrected chi connectivity index (χ1v) is 12.3. The van der Waals surface area contributed by atoms with Crippen LogP contribution in [0.2, 0.25) is 0 Å². The minimum Gasteiger partial charge on any atom is -0.481 e. The number of carboxylic acid groups (broad SMARTS) is 1. The van der Waals surface area contributed by atoms with Crippen LogP contribution in [0.4, 0.5) is 4.79 Å². The zero-order valence-electron chi connectivity index (χ0n) is 20.5. The molecule has 4 rings (SSSR count). The number of carboxylic acids is 1. The molecule has 1 fully saturated rings. The first-order chi connectivity index (χ1) is 16.6. The van der Waals surface area contributed by atoms with Crippen LogP contribution in [0.1, 0.15) is 63.5 Å². The highest BCUT2D eigenvalue weighted by Gasteiger charge is 2.35. The molecule has 3 atom stereocenters. The van der Waals surface area contributed by atoms with Crippen LogP contribution < -0.4 is 10.6 Å². The number of fused-ring (bicyclic) bond motifs is 3. The number of aliphatic carboxylic acids is 1. The second-order valence-electron chi connectivity index (χ2n) is 10.7. The van der Waals surface area contributed by atoms with Gasteiger partial charge >= 0.3 is 12.1 Å². The van der Waals surface area contributed by atoms with Gasteiger partial charge in [-0.2, -0.15) is 0 Å². The summed E-state index contributed by atoms with van der Waals surface area (Å²) < 4.78 is 5.52. The Kier molecular flexibility index (Phi) is 7.15. The lowest BCUT2D eigenvalue weighted by atomic mass is 9.70. The molecule has 2 aliphatic carbocycles. The lowest BCUT2D eigenvalue weighted by Gasteiger charge is -2.39. The van der Waals surface area contributed by atoms with E-state index in [0.717, 1.165) is 41.5 Å². The summed E-state index contributed by atoms with van der Waals surface area (Å²) in [6.07, 6.45) is 1.41. The Bertz CT molecular complexity index is 1070. The van der Waals surface area contributed by atoms with E-state index >= 15 is 0 Å². The molecule has 0 aliphatic heterocycles. The number of alkyl carbamates (subject to hydrolysis) is 1. The molecule has 0 aromatic heterocycles. The number of ether oxygens (including phenoxy) is 1. The fourth-order valence-corrected chi connectivity index (χ4v) is 5.92. The van der Waals surface area contributed by atoms with E-state index in [1.54, 1.807) is 0 Å². The van der Waals surface area contributed by atoms with Gasteiger partial charge in [-0.15, -0.1) is 0 Å². The average Bonchev–Trinajstić information content (AvgIpc) is 3.09. The quantitative estimate of drug-likeness (QED) is 0.535. The molecule has 0 saturated heterocycles. The highest BCUT2D eigenvalue weighted by Crippen LogP contribution is 2.44. The molecule has 0 bridgehead atoms. The van der Waals surface area contributed by atoms with Crippen LogP contribution in [0.5, 0.6) is 0 Å². The van der Waals surface area contributed by atoms with Crippen molar-refractivity contribution < 1.29 is 24.2 Å². The second-order valence-corrected chi connectivity index (χ2v) is 10.7. The molecule has 186 valence electrons. The number of hydrogen-bond acceptors (Lipinski definition) is 4. The first-order valence-electron chi connectivity index (χ1n) is 12.3. The number of benzene rings is 2. The Balaban J connectivity index is 1.39. The molecular formula is C28H34N2O5. The van der Waals surface area contributed by atoms with E-state index in [1.807, 2.05) is 36.4 Å². The maximum Gasteiger partial charge on any atom is 0.407 e. The second kappa shape index (κ2) is 10.1. The molecule has 35 heavy (non-hydrogen) atoms. The molecule has 3 unspecified atom stereocenters. The van der Waals surface area contributed by atoms with Crippen LogP contribution in [0, 0.1) is 11.3 Å². The zero-order valence-corrected chi connectivity index (χ0v) is 20.5. The number of hydrogen-bond donors (Lipinski definition) is 3. The predicted octanol–water partition coefficient (Wildman–Crippen LogP) is 4.70. The number of carbonyl (C=O) groups excluding carboxylic acids is 2. The predicted molar refractivity (Wildman–Crippen MR) is 133 cm³/mol. The number of amides is 2. The van der Waals surface area contributed by atoms with Crippen molar-refractivity contribution in [2.45, 2.75) is 64.5 Å². The third-order valence-corrected chi connectivity index (χ3v) is 7.06. The normalized spacial score (nSPS) is 21.3. The van der Waals surface area contributed by atoms with Gasteiger partial charge in [0.1, 0.15) is 12.6 Å². The Morgan fingerprint density at radius 1 is 1.03 bits per heavy atom. The van der Waals surface area contributed by atoms with Gasteiger partial charge in [0, 0.05) is 12.0 Å². The van der Waals surface area contributed by atoms with Crippen molar-refractivity contribution in [3.63, 3.8) is 0 Å². The van der Waals surface area contributed by atoms with Crippen molar-refractivity contribution in [2.75, 3.05) is 6.61 Å². The smallest absolute Gasteiger partial charge is 0.407 e. The first kappa shape index (κ1) is 24.8. The highest BCUT2D eigenvalue weighted by atomic mass is 16.5. The van der Waals surface area contributed by atoms with Gasteiger partial charge < -0.3 is 20.5 Å². The van der Waals surface area contributed by atoms with E-state index in [-0.39, 0.29) is 24.0 Å². The molecule has 0 radical (unpaired) electrons. The van der Waals surface area contributed by atoms with Gasteiger partial charge in [-0.3, -0.25) is 9.59 Å². The van der Waals surface area contributed by atoms with E-state index in [0.29, 0.717) is 5.92 Å². The van der Waals surface area contributed by atoms with Gasteiger partial charge in [0.15, 0.2) is 0 Å². The molecule has 7 heteroatoms. The van der Waals surface area contributed by atoms with E-state index < -0.39 is 30.4 Å². The maximum atomic E-state index is 12.9. The minimum atomic E-state index is -1.21. The summed E-state index contributed by atoms with van der Waals surface area (Å²) in [7, 11) is 0. The molecule has 0 spiro atoms. The number of carbonyl (C=O) groups is 3. The van der Waals surface area contributed by atoms with Crippen molar-refractivity contribution in [3.05, 3.63) is 59.7 Å². The Morgan fingerprint density at radius 3 is 2.20 bits per heavy atom. The fraction of sp³-hybridized carbons (Fsp3) is 0.464. The van der Waals surface area contributed by atoms with Crippen LogP contribution >= 0.6 is 0 Å². The molecule has 2 aliphatic rings. The molecule has 2 aromatic carbocycles. The topological polar surface area (TPSA) is 105 Å². The third kappa shape index (κ3) is 5.84. The summed E-state index contributed by atoms with van der Waals surface area (Å²) in [4.78, 5) is 37.0. The molecule has 0 heterocycles. The molecule has 3 N–H and O–H groups in total. The highest BCUT2D eigenvalue weighted by molar-refractivity contribution is 5.89. The lowest BCUT2D eigenvalue weighted by Crippen LogP contribution is -2.52. The fourth-order valence-electron chi connectivity index (χ4n) is 5.92. The summed E-state index contributed by atoms with van der Waals surface area (Å²) in [5, 5.41) is 14.8. The summed E-state index contributed by atoms with van der Waals surface area (Å²) >= 11 is 0. The molecular weight excluding hydrogens is 444 g/mol. The Morgan fingerprint density at radius 2 is 1.63 bits per heavy atom. The van der Waals surface area contributed by atoms with Crippen LogP contribution in [0.25, 0.3) is 11.1 Å². The summed E-state index contributed by atoms with van der Waals surface area (Å²) in [5.74, 6) is -1.32. The molecule has 1 saturated carbocycles. The Hall–Kier alpha value is -3.35. The monoisotopic (exact) mass is 478 g/mol. The summed E-state index contributed by atoms with van der Waals surface area (Å²) in [6.45, 7) is 6.59. The van der Waals surface area contributed by atoms with Crippen molar-refractivity contribution in [3.8, 4) is 11.1 Å². The van der Waals surface area contributed by atoms with Crippen LogP contribution in [0.15, 0.2) is 48.5 Å². The third-order valence-electron chi connectivity index (χ3n) is 7.06. The molecule has 2 amide bonds. The van der Waals surface area contributed by atoms with Crippen LogP contribution in [0.3, 0.4) is 0 Å². The summed E-state index contributed by atoms with van der Waals surface area (Å²) in [5.41, 5.74) is 4.48. The van der Waals surface area contributed by atoms with Gasteiger partial charge in [0.05, 0.1) is 6.42 Å². The van der Waals surface area contributed by atoms with Gasteiger partial charge in [-0.25, -0.2) is 4.79 Å². The number of rotatable bonds is 7. The summed E-state index contributed by atoms with van der Waals surface area (Å²) in [6, 6.07) is 14.8. The van der Waals surface area contributed by atoms with Crippen molar-refractivity contribution >= 4 is 18.0 Å². The average molecular weight is 479 g/mol. The molecule has 7 nitrogen and oxygen atoms in total. The maximum absolute atomic E-state index is 12.9. The van der Waals surface area contributed by atoms with Crippen molar-refractivity contribution in [1.29, 1.82) is 0 Å². The van der Waals surface area contributed by atoms with E-state index in [1.165, 1.54) is 0 Å². The van der Waals surface area contributed by atoms with Gasteiger partial charge in [0.25, 0.3) is 0 Å². The van der Waals surface area contributed by atoms with E-state index in [9.17, 15) is 19.5 Å². The van der Waals surface area contributed by atoms with E-state index in [2.05, 4.69) is 43.5 Å². The van der Waals surface area contributed by atoms with Crippen molar-refractivity contribution in [1.82, 2.24) is 10.6 Å².